The highest BCUT2D eigenvalue weighted by Gasteiger charge is 2.16. The summed E-state index contributed by atoms with van der Waals surface area (Å²) < 4.78 is 12.5. The number of benzene rings is 1. The maximum Gasteiger partial charge on any atom is 0.191 e. The summed E-state index contributed by atoms with van der Waals surface area (Å²) >= 11 is 0. The van der Waals surface area contributed by atoms with Gasteiger partial charge in [0.1, 0.15) is 11.5 Å². The first kappa shape index (κ1) is 25.0. The maximum atomic E-state index is 5.46. The minimum Gasteiger partial charge on any atom is -0.497 e. The van der Waals surface area contributed by atoms with Crippen molar-refractivity contribution >= 4 is 29.9 Å². The number of aromatic nitrogens is 2. The Bertz CT molecular complexity index is 778. The van der Waals surface area contributed by atoms with E-state index in [-0.39, 0.29) is 30.0 Å². The predicted octanol–water partition coefficient (Wildman–Crippen LogP) is 2.41. The molecule has 0 saturated heterocycles. The highest BCUT2D eigenvalue weighted by Crippen LogP contribution is 2.25. The molecule has 0 fully saturated rings. The van der Waals surface area contributed by atoms with Gasteiger partial charge in [-0.2, -0.15) is 5.10 Å². The average molecular weight is 516 g/mol. The SMILES string of the molecule is CCNC(=NCc1ccc(OC)cc1OC)NCC(c1cnn(C)c1)N(C)C.I. The second-order valence-electron chi connectivity index (χ2n) is 6.68. The number of aliphatic imine (C=N–C) groups is 1. The number of rotatable bonds is 9. The number of ether oxygens (including phenoxy) is 2. The summed E-state index contributed by atoms with van der Waals surface area (Å²) in [4.78, 5) is 6.88. The molecule has 2 N–H and O–H groups in total. The predicted molar refractivity (Wildman–Crippen MR) is 127 cm³/mol. The molecule has 0 radical (unpaired) electrons. The third kappa shape index (κ3) is 7.39. The quantitative estimate of drug-likeness (QED) is 0.303. The Labute approximate surface area is 190 Å². The first-order valence-corrected chi connectivity index (χ1v) is 9.36. The number of nitrogens with zero attached hydrogens (tertiary/aromatic N) is 4. The molecule has 9 heteroatoms. The first-order chi connectivity index (χ1) is 13.5. The van der Waals surface area contributed by atoms with Crippen LogP contribution in [0.5, 0.6) is 11.5 Å². The molecule has 162 valence electrons. The summed E-state index contributed by atoms with van der Waals surface area (Å²) in [6.45, 7) is 4.05. The maximum absolute atomic E-state index is 5.46. The van der Waals surface area contributed by atoms with Gasteiger partial charge >= 0.3 is 0 Å². The van der Waals surface area contributed by atoms with Crippen molar-refractivity contribution in [2.24, 2.45) is 12.0 Å². The van der Waals surface area contributed by atoms with Gasteiger partial charge in [-0.3, -0.25) is 4.68 Å². The summed E-state index contributed by atoms with van der Waals surface area (Å²) in [7, 11) is 9.35. The number of hydrogen-bond acceptors (Lipinski definition) is 5. The zero-order valence-corrected chi connectivity index (χ0v) is 20.4. The van der Waals surface area contributed by atoms with Crippen LogP contribution in [0.1, 0.15) is 24.1 Å². The summed E-state index contributed by atoms with van der Waals surface area (Å²) in [5.41, 5.74) is 2.16. The molecule has 29 heavy (non-hydrogen) atoms. The Kier molecular flexibility index (Phi) is 10.8. The van der Waals surface area contributed by atoms with E-state index in [4.69, 9.17) is 14.5 Å². The lowest BCUT2D eigenvalue weighted by atomic mass is 10.1. The minimum absolute atomic E-state index is 0. The van der Waals surface area contributed by atoms with Crippen LogP contribution in [-0.2, 0) is 13.6 Å². The Morgan fingerprint density at radius 1 is 1.24 bits per heavy atom. The molecular weight excluding hydrogens is 483 g/mol. The number of likely N-dealkylation sites (N-methyl/N-ethyl adjacent to an activating group) is 1. The Morgan fingerprint density at radius 2 is 2.00 bits per heavy atom. The van der Waals surface area contributed by atoms with E-state index < -0.39 is 0 Å². The number of methoxy groups -OCH3 is 2. The van der Waals surface area contributed by atoms with E-state index in [0.717, 1.165) is 35.1 Å². The second kappa shape index (κ2) is 12.5. The second-order valence-corrected chi connectivity index (χ2v) is 6.68. The standard InChI is InChI=1S/C20H32N6O2.HI/c1-7-21-20(22-11-15-8-9-17(27-5)10-19(15)28-6)23-13-18(25(2)3)16-12-24-26(4)14-16;/h8-10,12,14,18H,7,11,13H2,1-6H3,(H2,21,22,23);1H. The highest BCUT2D eigenvalue weighted by molar-refractivity contribution is 14.0. The number of nitrogens with one attached hydrogen (secondary N) is 2. The van der Waals surface area contributed by atoms with Crippen LogP contribution in [0.25, 0.3) is 0 Å². The third-order valence-corrected chi connectivity index (χ3v) is 4.44. The van der Waals surface area contributed by atoms with Crippen LogP contribution in [0.2, 0.25) is 0 Å². The van der Waals surface area contributed by atoms with Crippen LogP contribution in [0.15, 0.2) is 35.6 Å². The molecule has 0 aliphatic rings. The number of aryl methyl sites for hydroxylation is 1. The number of halogens is 1. The van der Waals surface area contributed by atoms with E-state index in [1.54, 1.807) is 14.2 Å². The summed E-state index contributed by atoms with van der Waals surface area (Å²) in [6, 6.07) is 5.95. The van der Waals surface area contributed by atoms with Crippen LogP contribution >= 0.6 is 24.0 Å². The molecule has 0 spiro atoms. The smallest absolute Gasteiger partial charge is 0.191 e. The fourth-order valence-electron chi connectivity index (χ4n) is 2.89. The monoisotopic (exact) mass is 516 g/mol. The van der Waals surface area contributed by atoms with Gasteiger partial charge < -0.3 is 25.0 Å². The lowest BCUT2D eigenvalue weighted by Crippen LogP contribution is -2.41. The van der Waals surface area contributed by atoms with Crippen molar-refractivity contribution in [3.8, 4) is 11.5 Å². The lowest BCUT2D eigenvalue weighted by molar-refractivity contribution is 0.298. The van der Waals surface area contributed by atoms with Gasteiger partial charge in [-0.05, 0) is 33.2 Å². The average Bonchev–Trinajstić information content (AvgIpc) is 3.11. The molecule has 1 heterocycles. The van der Waals surface area contributed by atoms with Crippen LogP contribution in [0.4, 0.5) is 0 Å². The molecule has 0 bridgehead atoms. The molecule has 0 aliphatic heterocycles. The van der Waals surface area contributed by atoms with E-state index >= 15 is 0 Å². The molecular formula is C20H33IN6O2. The molecule has 1 aromatic heterocycles. The van der Waals surface area contributed by atoms with Crippen molar-refractivity contribution in [1.29, 1.82) is 0 Å². The fraction of sp³-hybridized carbons (Fsp3) is 0.500. The lowest BCUT2D eigenvalue weighted by Gasteiger charge is -2.24. The van der Waals surface area contributed by atoms with Gasteiger partial charge in [0.15, 0.2) is 5.96 Å². The summed E-state index contributed by atoms with van der Waals surface area (Å²) in [5, 5.41) is 11.0. The van der Waals surface area contributed by atoms with Gasteiger partial charge in [0.2, 0.25) is 0 Å². The van der Waals surface area contributed by atoms with Gasteiger partial charge in [-0.1, -0.05) is 0 Å². The Morgan fingerprint density at radius 3 is 2.55 bits per heavy atom. The van der Waals surface area contributed by atoms with Gasteiger partial charge in [-0.15, -0.1) is 24.0 Å². The first-order valence-electron chi connectivity index (χ1n) is 9.36. The van der Waals surface area contributed by atoms with Crippen LogP contribution in [-0.4, -0.2) is 62.0 Å². The van der Waals surface area contributed by atoms with Crippen LogP contribution < -0.4 is 20.1 Å². The van der Waals surface area contributed by atoms with Crippen molar-refractivity contribution in [3.05, 3.63) is 41.7 Å². The molecule has 1 aromatic carbocycles. The largest absolute Gasteiger partial charge is 0.497 e. The zero-order valence-electron chi connectivity index (χ0n) is 18.1. The Balaban J connectivity index is 0.00000420. The van der Waals surface area contributed by atoms with Gasteiger partial charge in [0, 0.05) is 43.5 Å². The van der Waals surface area contributed by atoms with Crippen molar-refractivity contribution < 1.29 is 9.47 Å². The van der Waals surface area contributed by atoms with Gasteiger partial charge in [0.05, 0.1) is 33.0 Å². The third-order valence-electron chi connectivity index (χ3n) is 4.44. The van der Waals surface area contributed by atoms with Crippen molar-refractivity contribution in [2.45, 2.75) is 19.5 Å². The molecule has 2 aromatic rings. The Hall–Kier alpha value is -2.01. The van der Waals surface area contributed by atoms with E-state index in [1.165, 1.54) is 0 Å². The van der Waals surface area contributed by atoms with E-state index in [2.05, 4.69) is 41.7 Å². The normalized spacial score (nSPS) is 12.3. The molecule has 0 aliphatic carbocycles. The van der Waals surface area contributed by atoms with E-state index in [0.29, 0.717) is 13.1 Å². The number of hydrogen-bond donors (Lipinski definition) is 2. The fourth-order valence-corrected chi connectivity index (χ4v) is 2.89. The van der Waals surface area contributed by atoms with E-state index in [1.807, 2.05) is 42.3 Å². The van der Waals surface area contributed by atoms with Crippen molar-refractivity contribution in [3.63, 3.8) is 0 Å². The topological polar surface area (TPSA) is 75.9 Å². The summed E-state index contributed by atoms with van der Waals surface area (Å²) in [6.07, 6.45) is 3.94. The number of guanidine groups is 1. The van der Waals surface area contributed by atoms with Crippen molar-refractivity contribution in [2.75, 3.05) is 41.4 Å². The van der Waals surface area contributed by atoms with E-state index in [9.17, 15) is 0 Å². The van der Waals surface area contributed by atoms with Crippen LogP contribution in [0.3, 0.4) is 0 Å². The molecule has 0 saturated carbocycles. The molecule has 2 rings (SSSR count). The van der Waals surface area contributed by atoms with Gasteiger partial charge in [0.25, 0.3) is 0 Å². The zero-order chi connectivity index (χ0) is 20.5. The highest BCUT2D eigenvalue weighted by atomic mass is 127. The van der Waals surface area contributed by atoms with Crippen molar-refractivity contribution in [1.82, 2.24) is 25.3 Å². The minimum atomic E-state index is 0. The molecule has 1 unspecified atom stereocenters. The molecule has 8 nitrogen and oxygen atoms in total. The molecule has 1 atom stereocenters. The van der Waals surface area contributed by atoms with Gasteiger partial charge in [-0.25, -0.2) is 4.99 Å². The molecule has 0 amide bonds. The van der Waals surface area contributed by atoms with Crippen LogP contribution in [0, 0.1) is 0 Å². The summed E-state index contributed by atoms with van der Waals surface area (Å²) in [5.74, 6) is 2.29.